The third-order valence-corrected chi connectivity index (χ3v) is 2.95. The third kappa shape index (κ3) is 4.46. The molecule has 5 nitrogen and oxygen atoms in total. The average molecular weight is 239 g/mol. The van der Waals surface area contributed by atoms with E-state index in [-0.39, 0.29) is 11.8 Å². The highest BCUT2D eigenvalue weighted by molar-refractivity contribution is 5.80. The summed E-state index contributed by atoms with van der Waals surface area (Å²) in [5.41, 5.74) is 5.22. The fraction of sp³-hybridized carbons (Fsp3) is 0.667. The van der Waals surface area contributed by atoms with Gasteiger partial charge in [0.25, 0.3) is 0 Å². The number of urea groups is 1. The van der Waals surface area contributed by atoms with Gasteiger partial charge in [-0.25, -0.2) is 4.79 Å². The molecule has 1 atom stereocenters. The summed E-state index contributed by atoms with van der Waals surface area (Å²) in [5.74, 6) is -0.0812. The summed E-state index contributed by atoms with van der Waals surface area (Å²) < 4.78 is 0. The van der Waals surface area contributed by atoms with Crippen molar-refractivity contribution >= 4 is 11.9 Å². The van der Waals surface area contributed by atoms with Crippen LogP contribution in [0.1, 0.15) is 26.2 Å². The molecule has 3 N–H and O–H groups in total. The Labute approximate surface area is 102 Å². The number of hydrogen-bond donors (Lipinski definition) is 2. The van der Waals surface area contributed by atoms with Crippen molar-refractivity contribution in [3.63, 3.8) is 0 Å². The van der Waals surface area contributed by atoms with Crippen molar-refractivity contribution in [3.05, 3.63) is 12.2 Å². The molecule has 3 amide bonds. The highest BCUT2D eigenvalue weighted by Gasteiger charge is 2.26. The predicted molar refractivity (Wildman–Crippen MR) is 66.3 cm³/mol. The lowest BCUT2D eigenvalue weighted by molar-refractivity contribution is -0.126. The van der Waals surface area contributed by atoms with Gasteiger partial charge in [0.1, 0.15) is 0 Å². The number of hydrogen-bond acceptors (Lipinski definition) is 2. The van der Waals surface area contributed by atoms with Crippen LogP contribution in [0.2, 0.25) is 0 Å². The SMILES string of the molecule is C/C=C/CCNC(=O)C1CCCN(C(N)=O)C1. The normalized spacial score (nSPS) is 20.5. The van der Waals surface area contributed by atoms with Crippen molar-refractivity contribution in [1.29, 1.82) is 0 Å². The molecule has 1 saturated heterocycles. The van der Waals surface area contributed by atoms with E-state index in [0.717, 1.165) is 19.3 Å². The van der Waals surface area contributed by atoms with E-state index in [1.54, 1.807) is 4.90 Å². The third-order valence-electron chi connectivity index (χ3n) is 2.95. The molecule has 96 valence electrons. The number of carbonyl (C=O) groups excluding carboxylic acids is 2. The Morgan fingerprint density at radius 2 is 2.29 bits per heavy atom. The van der Waals surface area contributed by atoms with Gasteiger partial charge in [-0.15, -0.1) is 0 Å². The van der Waals surface area contributed by atoms with Crippen molar-refractivity contribution in [2.75, 3.05) is 19.6 Å². The van der Waals surface area contributed by atoms with Crippen LogP contribution in [-0.4, -0.2) is 36.5 Å². The molecular formula is C12H21N3O2. The fourth-order valence-electron chi connectivity index (χ4n) is 1.98. The summed E-state index contributed by atoms with van der Waals surface area (Å²) in [6.45, 7) is 3.71. The zero-order chi connectivity index (χ0) is 12.7. The minimum atomic E-state index is -0.434. The Kier molecular flexibility index (Phi) is 5.52. The Balaban J connectivity index is 2.33. The lowest BCUT2D eigenvalue weighted by Crippen LogP contribution is -2.47. The molecule has 1 rings (SSSR count). The number of allylic oxidation sites excluding steroid dienone is 1. The van der Waals surface area contributed by atoms with Gasteiger partial charge in [-0.1, -0.05) is 12.2 Å². The highest BCUT2D eigenvalue weighted by Crippen LogP contribution is 2.16. The molecule has 1 aliphatic rings. The van der Waals surface area contributed by atoms with Crippen LogP contribution < -0.4 is 11.1 Å². The van der Waals surface area contributed by atoms with Crippen molar-refractivity contribution in [2.45, 2.75) is 26.2 Å². The van der Waals surface area contributed by atoms with Crippen LogP contribution >= 0.6 is 0 Å². The minimum Gasteiger partial charge on any atom is -0.355 e. The molecule has 0 aromatic carbocycles. The maximum Gasteiger partial charge on any atom is 0.314 e. The summed E-state index contributed by atoms with van der Waals surface area (Å²) >= 11 is 0. The largest absolute Gasteiger partial charge is 0.355 e. The second-order valence-corrected chi connectivity index (χ2v) is 4.27. The number of rotatable bonds is 4. The average Bonchev–Trinajstić information content (AvgIpc) is 2.34. The van der Waals surface area contributed by atoms with E-state index in [1.807, 2.05) is 19.1 Å². The van der Waals surface area contributed by atoms with Crippen molar-refractivity contribution in [1.82, 2.24) is 10.2 Å². The zero-order valence-electron chi connectivity index (χ0n) is 10.3. The van der Waals surface area contributed by atoms with Crippen molar-refractivity contribution in [3.8, 4) is 0 Å². The quantitative estimate of drug-likeness (QED) is 0.564. The van der Waals surface area contributed by atoms with E-state index < -0.39 is 6.03 Å². The van der Waals surface area contributed by atoms with E-state index in [9.17, 15) is 9.59 Å². The molecule has 0 aromatic rings. The number of nitrogens with one attached hydrogen (secondary N) is 1. The van der Waals surface area contributed by atoms with Gasteiger partial charge in [0.15, 0.2) is 0 Å². The monoisotopic (exact) mass is 239 g/mol. The smallest absolute Gasteiger partial charge is 0.314 e. The van der Waals surface area contributed by atoms with Gasteiger partial charge in [-0.2, -0.15) is 0 Å². The van der Waals surface area contributed by atoms with Crippen LogP contribution in [0.25, 0.3) is 0 Å². The molecule has 1 heterocycles. The summed E-state index contributed by atoms with van der Waals surface area (Å²) in [6.07, 6.45) is 6.49. The molecule has 0 spiro atoms. The van der Waals surface area contributed by atoms with Crippen LogP contribution in [0.3, 0.4) is 0 Å². The van der Waals surface area contributed by atoms with Crippen molar-refractivity contribution in [2.24, 2.45) is 11.7 Å². The zero-order valence-corrected chi connectivity index (χ0v) is 10.3. The van der Waals surface area contributed by atoms with Gasteiger partial charge < -0.3 is 16.0 Å². The molecule has 1 unspecified atom stereocenters. The van der Waals surface area contributed by atoms with Gasteiger partial charge in [-0.05, 0) is 26.2 Å². The Morgan fingerprint density at radius 1 is 1.53 bits per heavy atom. The number of nitrogens with two attached hydrogens (primary N) is 1. The number of nitrogens with zero attached hydrogens (tertiary/aromatic N) is 1. The van der Waals surface area contributed by atoms with Gasteiger partial charge in [0, 0.05) is 19.6 Å². The van der Waals surface area contributed by atoms with E-state index >= 15 is 0 Å². The fourth-order valence-corrected chi connectivity index (χ4v) is 1.98. The number of primary amides is 1. The Hall–Kier alpha value is -1.52. The molecule has 0 bridgehead atoms. The number of carbonyl (C=O) groups is 2. The van der Waals surface area contributed by atoms with Gasteiger partial charge in [0.2, 0.25) is 5.91 Å². The second-order valence-electron chi connectivity index (χ2n) is 4.27. The molecular weight excluding hydrogens is 218 g/mol. The van der Waals surface area contributed by atoms with Crippen molar-refractivity contribution < 1.29 is 9.59 Å². The van der Waals surface area contributed by atoms with Crippen LogP contribution in [0.4, 0.5) is 4.79 Å². The lowest BCUT2D eigenvalue weighted by Gasteiger charge is -2.30. The van der Waals surface area contributed by atoms with Gasteiger partial charge >= 0.3 is 6.03 Å². The first-order valence-electron chi connectivity index (χ1n) is 6.08. The summed E-state index contributed by atoms with van der Waals surface area (Å²) in [6, 6.07) is -0.434. The predicted octanol–water partition coefficient (Wildman–Crippen LogP) is 0.860. The van der Waals surface area contributed by atoms with E-state index in [0.29, 0.717) is 19.6 Å². The summed E-state index contributed by atoms with van der Waals surface area (Å²) in [5, 5.41) is 2.88. The Morgan fingerprint density at radius 3 is 2.94 bits per heavy atom. The molecule has 0 saturated carbocycles. The molecule has 1 aliphatic heterocycles. The van der Waals surface area contributed by atoms with Crippen LogP contribution in [0.5, 0.6) is 0 Å². The molecule has 17 heavy (non-hydrogen) atoms. The Bertz CT molecular complexity index is 302. The highest BCUT2D eigenvalue weighted by atomic mass is 16.2. The molecule has 5 heteroatoms. The maximum absolute atomic E-state index is 11.8. The van der Waals surface area contributed by atoms with Crippen LogP contribution in [-0.2, 0) is 4.79 Å². The van der Waals surface area contributed by atoms with Gasteiger partial charge in [-0.3, -0.25) is 4.79 Å². The first-order valence-corrected chi connectivity index (χ1v) is 6.08. The number of likely N-dealkylation sites (tertiary alicyclic amines) is 1. The molecule has 0 radical (unpaired) electrons. The summed E-state index contributed by atoms with van der Waals surface area (Å²) in [4.78, 5) is 24.4. The standard InChI is InChI=1S/C12H21N3O2/c1-2-3-4-7-14-11(16)10-6-5-8-15(9-10)12(13)17/h2-3,10H,4-9H2,1H3,(H2,13,17)(H,14,16)/b3-2+. The maximum atomic E-state index is 11.8. The van der Waals surface area contributed by atoms with E-state index in [2.05, 4.69) is 5.32 Å². The molecule has 0 aliphatic carbocycles. The van der Waals surface area contributed by atoms with Crippen LogP contribution in [0, 0.1) is 5.92 Å². The van der Waals surface area contributed by atoms with E-state index in [4.69, 9.17) is 5.73 Å². The first-order chi connectivity index (χ1) is 8.15. The van der Waals surface area contributed by atoms with E-state index in [1.165, 1.54) is 0 Å². The van der Waals surface area contributed by atoms with Crippen LogP contribution in [0.15, 0.2) is 12.2 Å². The lowest BCUT2D eigenvalue weighted by atomic mass is 9.97. The minimum absolute atomic E-state index is 0.0282. The number of amides is 3. The topological polar surface area (TPSA) is 75.4 Å². The molecule has 0 aromatic heterocycles. The first kappa shape index (κ1) is 13.5. The summed E-state index contributed by atoms with van der Waals surface area (Å²) in [7, 11) is 0. The van der Waals surface area contributed by atoms with Gasteiger partial charge in [0.05, 0.1) is 5.92 Å². The second kappa shape index (κ2) is 6.93. The molecule has 1 fully saturated rings. The number of piperidine rings is 1.